The molecule has 0 fully saturated rings. The zero-order valence-electron chi connectivity index (χ0n) is 15.4. The number of guanidine groups is 1. The molecule has 2 aromatic carbocycles. The van der Waals surface area contributed by atoms with E-state index < -0.39 is 0 Å². The highest BCUT2D eigenvalue weighted by atomic mass is 127. The summed E-state index contributed by atoms with van der Waals surface area (Å²) >= 11 is 0. The van der Waals surface area contributed by atoms with E-state index in [-0.39, 0.29) is 29.8 Å². The maximum atomic E-state index is 12.9. The predicted molar refractivity (Wildman–Crippen MR) is 119 cm³/mol. The van der Waals surface area contributed by atoms with Gasteiger partial charge in [0.1, 0.15) is 5.82 Å². The van der Waals surface area contributed by atoms with Crippen LogP contribution in [0.3, 0.4) is 0 Å². The fourth-order valence-corrected chi connectivity index (χ4v) is 2.50. The number of hydrogen-bond donors (Lipinski definition) is 2. The minimum absolute atomic E-state index is 0. The molecule has 6 heteroatoms. The molecule has 0 aliphatic heterocycles. The first-order valence-electron chi connectivity index (χ1n) is 8.64. The summed E-state index contributed by atoms with van der Waals surface area (Å²) in [5.74, 6) is 0.549. The lowest BCUT2D eigenvalue weighted by molar-refractivity contribution is 0.626. The van der Waals surface area contributed by atoms with Crippen molar-refractivity contribution in [1.82, 2.24) is 10.6 Å². The van der Waals surface area contributed by atoms with Gasteiger partial charge in [0, 0.05) is 39.4 Å². The minimum atomic E-state index is -0.216. The molecule has 2 N–H and O–H groups in total. The number of unbranched alkanes of at least 4 members (excludes halogenated alkanes) is 1. The van der Waals surface area contributed by atoms with Crippen molar-refractivity contribution < 1.29 is 4.39 Å². The second-order valence-corrected chi connectivity index (χ2v) is 5.94. The molecule has 0 bridgehead atoms. The Morgan fingerprint density at radius 2 is 1.69 bits per heavy atom. The van der Waals surface area contributed by atoms with Crippen LogP contribution in [0.1, 0.15) is 18.4 Å². The highest BCUT2D eigenvalue weighted by molar-refractivity contribution is 14.0. The van der Waals surface area contributed by atoms with Crippen LogP contribution >= 0.6 is 24.0 Å². The van der Waals surface area contributed by atoms with Gasteiger partial charge in [0.05, 0.1) is 0 Å². The molecular formula is C20H28FIN4. The van der Waals surface area contributed by atoms with E-state index in [9.17, 15) is 4.39 Å². The fourth-order valence-electron chi connectivity index (χ4n) is 2.50. The van der Waals surface area contributed by atoms with E-state index in [1.165, 1.54) is 17.8 Å². The normalized spacial score (nSPS) is 10.8. The Labute approximate surface area is 172 Å². The van der Waals surface area contributed by atoms with Crippen LogP contribution in [0, 0.1) is 5.82 Å². The topological polar surface area (TPSA) is 39.7 Å². The van der Waals surface area contributed by atoms with Gasteiger partial charge in [0.15, 0.2) is 5.96 Å². The number of benzene rings is 2. The summed E-state index contributed by atoms with van der Waals surface area (Å²) in [5, 5.41) is 6.55. The van der Waals surface area contributed by atoms with Gasteiger partial charge in [-0.05, 0) is 42.7 Å². The largest absolute Gasteiger partial charge is 0.375 e. The lowest BCUT2D eigenvalue weighted by Crippen LogP contribution is -2.37. The van der Waals surface area contributed by atoms with E-state index in [1.807, 2.05) is 6.07 Å². The van der Waals surface area contributed by atoms with Gasteiger partial charge in [0.2, 0.25) is 0 Å². The predicted octanol–water partition coefficient (Wildman–Crippen LogP) is 4.03. The lowest BCUT2D eigenvalue weighted by Gasteiger charge is -2.19. The third-order valence-electron chi connectivity index (χ3n) is 4.01. The van der Waals surface area contributed by atoms with Crippen molar-refractivity contribution in [2.45, 2.75) is 19.4 Å². The maximum absolute atomic E-state index is 12.9. The van der Waals surface area contributed by atoms with Gasteiger partial charge in [0.25, 0.3) is 0 Å². The molecular weight excluding hydrogens is 442 g/mol. The van der Waals surface area contributed by atoms with Crippen LogP contribution in [0.15, 0.2) is 59.6 Å². The zero-order valence-corrected chi connectivity index (χ0v) is 17.7. The van der Waals surface area contributed by atoms with Crippen molar-refractivity contribution in [3.63, 3.8) is 0 Å². The summed E-state index contributed by atoms with van der Waals surface area (Å²) in [7, 11) is 3.87. The first-order valence-corrected chi connectivity index (χ1v) is 8.64. The molecule has 0 unspecified atom stereocenters. The van der Waals surface area contributed by atoms with E-state index in [1.54, 1.807) is 19.2 Å². The Morgan fingerprint density at radius 1 is 1.00 bits per heavy atom. The second-order valence-electron chi connectivity index (χ2n) is 5.94. The van der Waals surface area contributed by atoms with E-state index in [2.05, 4.69) is 51.8 Å². The fraction of sp³-hybridized carbons (Fsp3) is 0.350. The third-order valence-corrected chi connectivity index (χ3v) is 4.01. The van der Waals surface area contributed by atoms with Crippen molar-refractivity contribution in [2.75, 3.05) is 32.1 Å². The van der Waals surface area contributed by atoms with Crippen molar-refractivity contribution in [2.24, 2.45) is 4.99 Å². The van der Waals surface area contributed by atoms with E-state index in [0.29, 0.717) is 6.54 Å². The average Bonchev–Trinajstić information content (AvgIpc) is 2.65. The van der Waals surface area contributed by atoms with Crippen LogP contribution in [0.2, 0.25) is 0 Å². The molecule has 0 saturated carbocycles. The smallest absolute Gasteiger partial charge is 0.191 e. The average molecular weight is 470 g/mol. The van der Waals surface area contributed by atoms with E-state index >= 15 is 0 Å². The van der Waals surface area contributed by atoms with Crippen molar-refractivity contribution in [1.29, 1.82) is 0 Å². The van der Waals surface area contributed by atoms with Crippen LogP contribution < -0.4 is 15.5 Å². The SMILES string of the molecule is CN=C(NCCCCN(C)c1ccccc1)NCc1ccc(F)cc1.I. The molecule has 0 aliphatic carbocycles. The molecule has 4 nitrogen and oxygen atoms in total. The standard InChI is InChI=1S/C20H27FN4.HI/c1-22-20(24-16-17-10-12-18(21)13-11-17)23-14-6-7-15-25(2)19-8-4-3-5-9-19;/h3-5,8-13H,6-7,14-16H2,1-2H3,(H2,22,23,24);1H. The summed E-state index contributed by atoms with van der Waals surface area (Å²) in [6.45, 7) is 2.51. The molecule has 0 aromatic heterocycles. The molecule has 0 amide bonds. The summed E-state index contributed by atoms with van der Waals surface area (Å²) in [5.41, 5.74) is 2.26. The molecule has 0 heterocycles. The summed E-state index contributed by atoms with van der Waals surface area (Å²) in [4.78, 5) is 6.48. The van der Waals surface area contributed by atoms with Crippen molar-refractivity contribution in [3.05, 3.63) is 66.0 Å². The second kappa shape index (κ2) is 12.5. The highest BCUT2D eigenvalue weighted by Gasteiger charge is 2.01. The number of nitrogens with one attached hydrogen (secondary N) is 2. The van der Waals surface area contributed by atoms with E-state index in [4.69, 9.17) is 0 Å². The van der Waals surface area contributed by atoms with Crippen molar-refractivity contribution in [3.8, 4) is 0 Å². The van der Waals surface area contributed by atoms with Gasteiger partial charge in [-0.2, -0.15) is 0 Å². The number of nitrogens with zero attached hydrogens (tertiary/aromatic N) is 2. The first kappa shape index (κ1) is 22.2. The summed E-state index contributed by atoms with van der Waals surface area (Å²) in [6.07, 6.45) is 2.17. The van der Waals surface area contributed by atoms with Gasteiger partial charge in [-0.3, -0.25) is 4.99 Å². The third kappa shape index (κ3) is 8.03. The number of aliphatic imine (C=N–C) groups is 1. The van der Waals surface area contributed by atoms with Gasteiger partial charge in [-0.1, -0.05) is 30.3 Å². The Kier molecular flexibility index (Phi) is 10.7. The van der Waals surface area contributed by atoms with Crippen LogP contribution in [0.4, 0.5) is 10.1 Å². The maximum Gasteiger partial charge on any atom is 0.191 e. The lowest BCUT2D eigenvalue weighted by atomic mass is 10.2. The Hall–Kier alpha value is -1.83. The van der Waals surface area contributed by atoms with Gasteiger partial charge >= 0.3 is 0 Å². The van der Waals surface area contributed by atoms with Crippen LogP contribution in [0.25, 0.3) is 0 Å². The molecule has 0 spiro atoms. The Bertz CT molecular complexity index is 647. The van der Waals surface area contributed by atoms with Crippen LogP contribution in [-0.4, -0.2) is 33.1 Å². The summed E-state index contributed by atoms with van der Waals surface area (Å²) in [6, 6.07) is 16.9. The first-order chi connectivity index (χ1) is 12.2. The molecule has 26 heavy (non-hydrogen) atoms. The highest BCUT2D eigenvalue weighted by Crippen LogP contribution is 2.11. The Morgan fingerprint density at radius 3 is 2.35 bits per heavy atom. The molecule has 0 saturated heterocycles. The van der Waals surface area contributed by atoms with Gasteiger partial charge in [-0.25, -0.2) is 4.39 Å². The van der Waals surface area contributed by atoms with Gasteiger partial charge < -0.3 is 15.5 Å². The molecule has 2 aromatic rings. The molecule has 0 atom stereocenters. The number of anilines is 1. The zero-order chi connectivity index (χ0) is 17.9. The molecule has 0 radical (unpaired) electrons. The molecule has 0 aliphatic rings. The number of rotatable bonds is 8. The van der Waals surface area contributed by atoms with E-state index in [0.717, 1.165) is 37.5 Å². The Balaban J connectivity index is 0.00000338. The monoisotopic (exact) mass is 470 g/mol. The number of halogens is 2. The number of hydrogen-bond acceptors (Lipinski definition) is 2. The van der Waals surface area contributed by atoms with Crippen molar-refractivity contribution >= 4 is 35.6 Å². The molecule has 142 valence electrons. The minimum Gasteiger partial charge on any atom is -0.375 e. The summed E-state index contributed by atoms with van der Waals surface area (Å²) < 4.78 is 12.9. The van der Waals surface area contributed by atoms with Gasteiger partial charge in [-0.15, -0.1) is 24.0 Å². The quantitative estimate of drug-likeness (QED) is 0.265. The van der Waals surface area contributed by atoms with Crippen LogP contribution in [0.5, 0.6) is 0 Å². The van der Waals surface area contributed by atoms with Crippen LogP contribution in [-0.2, 0) is 6.54 Å². The number of para-hydroxylation sites is 1. The molecule has 2 rings (SSSR count).